The van der Waals surface area contributed by atoms with Crippen LogP contribution < -0.4 is 5.32 Å². The Morgan fingerprint density at radius 2 is 2.05 bits per heavy atom. The number of rotatable bonds is 7. The van der Waals surface area contributed by atoms with E-state index < -0.39 is 0 Å². The van der Waals surface area contributed by atoms with Crippen molar-refractivity contribution >= 4 is 11.6 Å². The maximum atomic E-state index is 13.9. The Balaban J connectivity index is 2.95. The van der Waals surface area contributed by atoms with Gasteiger partial charge in [-0.2, -0.15) is 0 Å². The van der Waals surface area contributed by atoms with Crippen molar-refractivity contribution < 1.29 is 9.13 Å². The first kappa shape index (κ1) is 16.4. The topological polar surface area (TPSA) is 21.3 Å². The average molecular weight is 288 g/mol. The first-order valence-corrected chi connectivity index (χ1v) is 7.08. The molecule has 0 spiro atoms. The van der Waals surface area contributed by atoms with Gasteiger partial charge in [-0.3, -0.25) is 0 Å². The standard InChI is InChI=1S/C15H23ClFNO/c1-5-18-14(15(19-4)10(2)3)9-11-12(16)7-6-8-13(11)17/h6-8,10,14-15,18H,5,9H2,1-4H3. The van der Waals surface area contributed by atoms with E-state index in [9.17, 15) is 4.39 Å². The minimum absolute atomic E-state index is 0.0237. The molecule has 1 aromatic carbocycles. The van der Waals surface area contributed by atoms with Gasteiger partial charge in [-0.25, -0.2) is 4.39 Å². The van der Waals surface area contributed by atoms with Crippen molar-refractivity contribution in [2.24, 2.45) is 5.92 Å². The van der Waals surface area contributed by atoms with Crippen molar-refractivity contribution in [3.8, 4) is 0 Å². The zero-order valence-electron chi connectivity index (χ0n) is 12.0. The van der Waals surface area contributed by atoms with Crippen molar-refractivity contribution in [2.75, 3.05) is 13.7 Å². The van der Waals surface area contributed by atoms with Gasteiger partial charge in [0.25, 0.3) is 0 Å². The maximum Gasteiger partial charge on any atom is 0.127 e. The van der Waals surface area contributed by atoms with Crippen LogP contribution in [0.3, 0.4) is 0 Å². The van der Waals surface area contributed by atoms with Gasteiger partial charge >= 0.3 is 0 Å². The van der Waals surface area contributed by atoms with E-state index in [-0.39, 0.29) is 18.0 Å². The summed E-state index contributed by atoms with van der Waals surface area (Å²) in [5.41, 5.74) is 0.554. The SMILES string of the molecule is CCNC(Cc1c(F)cccc1Cl)C(OC)C(C)C. The summed E-state index contributed by atoms with van der Waals surface area (Å²) in [6.45, 7) is 7.04. The molecule has 108 valence electrons. The van der Waals surface area contributed by atoms with Gasteiger partial charge in [0.2, 0.25) is 0 Å². The Morgan fingerprint density at radius 3 is 2.53 bits per heavy atom. The Kier molecular flexibility index (Phi) is 6.76. The highest BCUT2D eigenvalue weighted by Gasteiger charge is 2.25. The molecular formula is C15H23ClFNO. The van der Waals surface area contributed by atoms with E-state index in [1.807, 2.05) is 6.92 Å². The fourth-order valence-electron chi connectivity index (χ4n) is 2.41. The van der Waals surface area contributed by atoms with Crippen LogP contribution in [-0.4, -0.2) is 25.8 Å². The molecule has 2 nitrogen and oxygen atoms in total. The fourth-order valence-corrected chi connectivity index (χ4v) is 2.66. The largest absolute Gasteiger partial charge is 0.380 e. The van der Waals surface area contributed by atoms with Crippen molar-refractivity contribution in [1.29, 1.82) is 0 Å². The lowest BCUT2D eigenvalue weighted by atomic mass is 9.93. The second-order valence-corrected chi connectivity index (χ2v) is 5.42. The van der Waals surface area contributed by atoms with Gasteiger partial charge in [0.1, 0.15) is 5.82 Å². The van der Waals surface area contributed by atoms with E-state index in [2.05, 4.69) is 19.2 Å². The van der Waals surface area contributed by atoms with Gasteiger partial charge in [0.05, 0.1) is 6.10 Å². The Hall–Kier alpha value is -0.640. The molecule has 2 atom stereocenters. The summed E-state index contributed by atoms with van der Waals surface area (Å²) < 4.78 is 19.4. The number of methoxy groups -OCH3 is 1. The molecule has 0 saturated heterocycles. The molecule has 0 aliphatic heterocycles. The van der Waals surface area contributed by atoms with Crippen LogP contribution in [0.2, 0.25) is 5.02 Å². The molecule has 0 heterocycles. The molecule has 0 amide bonds. The number of hydrogen-bond donors (Lipinski definition) is 1. The lowest BCUT2D eigenvalue weighted by molar-refractivity contribution is 0.0335. The molecule has 0 aliphatic rings. The van der Waals surface area contributed by atoms with Crippen molar-refractivity contribution in [2.45, 2.75) is 39.3 Å². The van der Waals surface area contributed by atoms with E-state index in [0.29, 0.717) is 22.9 Å². The number of likely N-dealkylation sites (N-methyl/N-ethyl adjacent to an activating group) is 1. The van der Waals surface area contributed by atoms with Gasteiger partial charge in [-0.15, -0.1) is 0 Å². The van der Waals surface area contributed by atoms with E-state index >= 15 is 0 Å². The van der Waals surface area contributed by atoms with E-state index in [0.717, 1.165) is 6.54 Å². The molecule has 1 aromatic rings. The fraction of sp³-hybridized carbons (Fsp3) is 0.600. The molecule has 0 aromatic heterocycles. The van der Waals surface area contributed by atoms with Crippen molar-refractivity contribution in [1.82, 2.24) is 5.32 Å². The normalized spacial score (nSPS) is 14.7. The summed E-state index contributed by atoms with van der Waals surface area (Å²) in [4.78, 5) is 0. The van der Waals surface area contributed by atoms with Crippen LogP contribution in [0, 0.1) is 11.7 Å². The summed E-state index contributed by atoms with van der Waals surface area (Å²) in [5, 5.41) is 3.84. The number of ether oxygens (including phenoxy) is 1. The number of halogens is 2. The summed E-state index contributed by atoms with van der Waals surface area (Å²) in [5.74, 6) is 0.0913. The summed E-state index contributed by atoms with van der Waals surface area (Å²) in [6.07, 6.45) is 0.548. The smallest absolute Gasteiger partial charge is 0.127 e. The average Bonchev–Trinajstić information content (AvgIpc) is 2.34. The van der Waals surface area contributed by atoms with Crippen LogP contribution in [0.4, 0.5) is 4.39 Å². The second kappa shape index (κ2) is 7.83. The highest BCUT2D eigenvalue weighted by Crippen LogP contribution is 2.23. The molecule has 4 heteroatoms. The third-order valence-corrected chi connectivity index (χ3v) is 3.63. The van der Waals surface area contributed by atoms with Gasteiger partial charge < -0.3 is 10.1 Å². The molecule has 19 heavy (non-hydrogen) atoms. The highest BCUT2D eigenvalue weighted by atomic mass is 35.5. The van der Waals surface area contributed by atoms with Gasteiger partial charge in [-0.05, 0) is 31.0 Å². The van der Waals surface area contributed by atoms with E-state index in [4.69, 9.17) is 16.3 Å². The first-order chi connectivity index (χ1) is 9.01. The first-order valence-electron chi connectivity index (χ1n) is 6.70. The zero-order chi connectivity index (χ0) is 14.4. The van der Waals surface area contributed by atoms with Crippen LogP contribution in [0.5, 0.6) is 0 Å². The molecule has 1 N–H and O–H groups in total. The summed E-state index contributed by atoms with van der Waals surface area (Å²) in [6, 6.07) is 4.84. The van der Waals surface area contributed by atoms with Crippen LogP contribution >= 0.6 is 11.6 Å². The molecule has 0 aliphatic carbocycles. The van der Waals surface area contributed by atoms with Crippen LogP contribution in [0.15, 0.2) is 18.2 Å². The van der Waals surface area contributed by atoms with E-state index in [1.54, 1.807) is 19.2 Å². The predicted octanol–water partition coefficient (Wildman–Crippen LogP) is 3.67. The Labute approximate surface area is 120 Å². The predicted molar refractivity (Wildman–Crippen MR) is 78.2 cm³/mol. The maximum absolute atomic E-state index is 13.9. The lowest BCUT2D eigenvalue weighted by Gasteiger charge is -2.30. The summed E-state index contributed by atoms with van der Waals surface area (Å²) >= 11 is 6.09. The molecule has 0 fully saturated rings. The minimum Gasteiger partial charge on any atom is -0.380 e. The summed E-state index contributed by atoms with van der Waals surface area (Å²) in [7, 11) is 1.69. The quantitative estimate of drug-likeness (QED) is 0.826. The second-order valence-electron chi connectivity index (χ2n) is 5.01. The number of nitrogens with one attached hydrogen (secondary N) is 1. The van der Waals surface area contributed by atoms with Gasteiger partial charge in [-0.1, -0.05) is 38.4 Å². The molecule has 2 unspecified atom stereocenters. The molecular weight excluding hydrogens is 265 g/mol. The lowest BCUT2D eigenvalue weighted by Crippen LogP contribution is -2.45. The van der Waals surface area contributed by atoms with Crippen molar-refractivity contribution in [3.63, 3.8) is 0 Å². The van der Waals surface area contributed by atoms with Gasteiger partial charge in [0.15, 0.2) is 0 Å². The molecule has 0 saturated carbocycles. The van der Waals surface area contributed by atoms with Crippen LogP contribution in [0.1, 0.15) is 26.3 Å². The molecule has 0 radical (unpaired) electrons. The zero-order valence-corrected chi connectivity index (χ0v) is 12.8. The van der Waals surface area contributed by atoms with Crippen LogP contribution in [0.25, 0.3) is 0 Å². The third kappa shape index (κ3) is 4.44. The number of hydrogen-bond acceptors (Lipinski definition) is 2. The monoisotopic (exact) mass is 287 g/mol. The Morgan fingerprint density at radius 1 is 1.37 bits per heavy atom. The highest BCUT2D eigenvalue weighted by molar-refractivity contribution is 6.31. The van der Waals surface area contributed by atoms with Gasteiger partial charge in [0, 0.05) is 23.7 Å². The van der Waals surface area contributed by atoms with E-state index in [1.165, 1.54) is 6.07 Å². The molecule has 0 bridgehead atoms. The third-order valence-electron chi connectivity index (χ3n) is 3.28. The number of benzene rings is 1. The minimum atomic E-state index is -0.256. The van der Waals surface area contributed by atoms with Crippen LogP contribution in [-0.2, 0) is 11.2 Å². The Bertz CT molecular complexity index is 377. The van der Waals surface area contributed by atoms with Crippen molar-refractivity contribution in [3.05, 3.63) is 34.6 Å². The molecule has 1 rings (SSSR count).